The van der Waals surface area contributed by atoms with Gasteiger partial charge in [0.05, 0.1) is 13.2 Å². The van der Waals surface area contributed by atoms with Gasteiger partial charge in [-0.25, -0.2) is 0 Å². The maximum Gasteiger partial charge on any atom is 0.170 e. The molecular weight excluding hydrogens is 142 g/mol. The smallest absolute Gasteiger partial charge is 0.170 e. The summed E-state index contributed by atoms with van der Waals surface area (Å²) in [6.07, 6.45) is 0.0231. The predicted octanol–water partition coefficient (Wildman–Crippen LogP) is 0.701. The van der Waals surface area contributed by atoms with Gasteiger partial charge < -0.3 is 9.47 Å². The second-order valence-corrected chi connectivity index (χ2v) is 2.66. The number of nitrogens with zero attached hydrogens (tertiary/aromatic N) is 1. The zero-order valence-corrected chi connectivity index (χ0v) is 7.38. The van der Waals surface area contributed by atoms with Crippen molar-refractivity contribution in [1.29, 1.82) is 0 Å². The van der Waals surface area contributed by atoms with Crippen LogP contribution in [0.5, 0.6) is 0 Å². The molecule has 1 fully saturated rings. The van der Waals surface area contributed by atoms with Crippen molar-refractivity contribution in [2.24, 2.45) is 0 Å². The zero-order valence-electron chi connectivity index (χ0n) is 7.38. The van der Waals surface area contributed by atoms with Crippen LogP contribution in [0.25, 0.3) is 0 Å². The third-order valence-corrected chi connectivity index (χ3v) is 1.99. The van der Waals surface area contributed by atoms with Gasteiger partial charge in [-0.2, -0.15) is 0 Å². The highest BCUT2D eigenvalue weighted by atomic mass is 16.7. The molecule has 3 nitrogen and oxygen atoms in total. The van der Waals surface area contributed by atoms with Gasteiger partial charge in [0.25, 0.3) is 0 Å². The van der Waals surface area contributed by atoms with Crippen molar-refractivity contribution in [1.82, 2.24) is 4.90 Å². The largest absolute Gasteiger partial charge is 0.349 e. The van der Waals surface area contributed by atoms with Crippen LogP contribution in [0.2, 0.25) is 0 Å². The molecule has 1 saturated heterocycles. The van der Waals surface area contributed by atoms with Crippen LogP contribution >= 0.6 is 0 Å². The van der Waals surface area contributed by atoms with Crippen LogP contribution in [0.1, 0.15) is 13.8 Å². The number of likely N-dealkylation sites (N-methyl/N-ethyl adjacent to an activating group) is 1. The maximum absolute atomic E-state index is 5.32. The van der Waals surface area contributed by atoms with E-state index in [1.165, 1.54) is 0 Å². The monoisotopic (exact) mass is 159 g/mol. The molecule has 1 aliphatic rings. The molecule has 1 aliphatic heterocycles. The Morgan fingerprint density at radius 3 is 2.18 bits per heavy atom. The SMILES string of the molecule is CCN(CC)CC1OCCO1. The zero-order chi connectivity index (χ0) is 8.10. The van der Waals surface area contributed by atoms with E-state index in [-0.39, 0.29) is 6.29 Å². The molecule has 0 spiro atoms. The van der Waals surface area contributed by atoms with Crippen molar-refractivity contribution in [2.45, 2.75) is 20.1 Å². The number of hydrogen-bond acceptors (Lipinski definition) is 3. The first kappa shape index (κ1) is 8.97. The van der Waals surface area contributed by atoms with Crippen molar-refractivity contribution in [3.63, 3.8) is 0 Å². The van der Waals surface area contributed by atoms with Crippen LogP contribution in [-0.2, 0) is 9.47 Å². The molecule has 3 heteroatoms. The summed E-state index contributed by atoms with van der Waals surface area (Å²) >= 11 is 0. The van der Waals surface area contributed by atoms with Crippen molar-refractivity contribution in [3.8, 4) is 0 Å². The average molecular weight is 159 g/mol. The lowest BCUT2D eigenvalue weighted by atomic mass is 10.4. The quantitative estimate of drug-likeness (QED) is 0.602. The van der Waals surface area contributed by atoms with Crippen LogP contribution < -0.4 is 0 Å². The van der Waals surface area contributed by atoms with E-state index in [0.29, 0.717) is 0 Å². The van der Waals surface area contributed by atoms with E-state index >= 15 is 0 Å². The average Bonchev–Trinajstić information content (AvgIpc) is 2.52. The Morgan fingerprint density at radius 2 is 1.73 bits per heavy atom. The molecule has 0 radical (unpaired) electrons. The Bertz CT molecular complexity index is 98.3. The van der Waals surface area contributed by atoms with Crippen molar-refractivity contribution in [2.75, 3.05) is 32.8 Å². The van der Waals surface area contributed by atoms with Crippen molar-refractivity contribution in [3.05, 3.63) is 0 Å². The Hall–Kier alpha value is -0.120. The molecule has 0 aromatic rings. The van der Waals surface area contributed by atoms with Gasteiger partial charge >= 0.3 is 0 Å². The molecule has 0 aromatic heterocycles. The second-order valence-electron chi connectivity index (χ2n) is 2.66. The second kappa shape index (κ2) is 4.70. The Kier molecular flexibility index (Phi) is 3.83. The molecule has 66 valence electrons. The highest BCUT2D eigenvalue weighted by molar-refractivity contribution is 4.59. The van der Waals surface area contributed by atoms with Gasteiger partial charge in [0, 0.05) is 6.54 Å². The number of ether oxygens (including phenoxy) is 2. The van der Waals surface area contributed by atoms with Crippen LogP contribution in [0.3, 0.4) is 0 Å². The summed E-state index contributed by atoms with van der Waals surface area (Å²) in [7, 11) is 0. The Balaban J connectivity index is 2.16. The fourth-order valence-corrected chi connectivity index (χ4v) is 1.21. The van der Waals surface area contributed by atoms with Crippen molar-refractivity contribution >= 4 is 0 Å². The molecule has 0 amide bonds. The van der Waals surface area contributed by atoms with Crippen LogP contribution in [-0.4, -0.2) is 44.0 Å². The molecule has 0 unspecified atom stereocenters. The number of rotatable bonds is 4. The van der Waals surface area contributed by atoms with Gasteiger partial charge in [0.1, 0.15) is 0 Å². The minimum atomic E-state index is 0.0231. The van der Waals surface area contributed by atoms with Gasteiger partial charge in [-0.3, -0.25) is 4.90 Å². The molecular formula is C8H17NO2. The van der Waals surface area contributed by atoms with E-state index in [2.05, 4.69) is 18.7 Å². The summed E-state index contributed by atoms with van der Waals surface area (Å²) in [4.78, 5) is 2.30. The first-order valence-electron chi connectivity index (χ1n) is 4.32. The third-order valence-electron chi connectivity index (χ3n) is 1.99. The normalized spacial score (nSPS) is 19.9. The standard InChI is InChI=1S/C8H17NO2/c1-3-9(4-2)7-8-10-5-6-11-8/h8H,3-7H2,1-2H3. The highest BCUT2D eigenvalue weighted by Gasteiger charge is 2.17. The molecule has 0 aliphatic carbocycles. The summed E-state index contributed by atoms with van der Waals surface area (Å²) in [6.45, 7) is 8.86. The summed E-state index contributed by atoms with van der Waals surface area (Å²) in [5, 5.41) is 0. The topological polar surface area (TPSA) is 21.7 Å². The highest BCUT2D eigenvalue weighted by Crippen LogP contribution is 2.05. The van der Waals surface area contributed by atoms with E-state index in [4.69, 9.17) is 9.47 Å². The molecule has 1 rings (SSSR count). The van der Waals surface area contributed by atoms with Gasteiger partial charge in [-0.15, -0.1) is 0 Å². The summed E-state index contributed by atoms with van der Waals surface area (Å²) in [5.41, 5.74) is 0. The predicted molar refractivity (Wildman–Crippen MR) is 43.5 cm³/mol. The van der Waals surface area contributed by atoms with E-state index < -0.39 is 0 Å². The molecule has 11 heavy (non-hydrogen) atoms. The minimum absolute atomic E-state index is 0.0231. The van der Waals surface area contributed by atoms with Gasteiger partial charge in [0.2, 0.25) is 0 Å². The van der Waals surface area contributed by atoms with E-state index in [9.17, 15) is 0 Å². The first-order valence-corrected chi connectivity index (χ1v) is 4.32. The lowest BCUT2D eigenvalue weighted by Gasteiger charge is -2.20. The molecule has 0 saturated carbocycles. The lowest BCUT2D eigenvalue weighted by Crippen LogP contribution is -2.32. The number of hydrogen-bond donors (Lipinski definition) is 0. The van der Waals surface area contributed by atoms with Gasteiger partial charge in [-0.05, 0) is 13.1 Å². The molecule has 0 aromatic carbocycles. The third kappa shape index (κ3) is 2.77. The fraction of sp³-hybridized carbons (Fsp3) is 1.00. The molecule has 1 heterocycles. The summed E-state index contributed by atoms with van der Waals surface area (Å²) in [5.74, 6) is 0. The lowest BCUT2D eigenvalue weighted by molar-refractivity contribution is -0.0604. The Morgan fingerprint density at radius 1 is 1.18 bits per heavy atom. The molecule has 0 atom stereocenters. The molecule has 0 N–H and O–H groups in total. The first-order chi connectivity index (χ1) is 5.36. The van der Waals surface area contributed by atoms with Crippen LogP contribution in [0.15, 0.2) is 0 Å². The molecule has 0 bridgehead atoms. The summed E-state index contributed by atoms with van der Waals surface area (Å²) in [6, 6.07) is 0. The van der Waals surface area contributed by atoms with E-state index in [1.807, 2.05) is 0 Å². The van der Waals surface area contributed by atoms with Crippen LogP contribution in [0, 0.1) is 0 Å². The van der Waals surface area contributed by atoms with E-state index in [1.54, 1.807) is 0 Å². The van der Waals surface area contributed by atoms with Crippen molar-refractivity contribution < 1.29 is 9.47 Å². The maximum atomic E-state index is 5.32. The minimum Gasteiger partial charge on any atom is -0.349 e. The van der Waals surface area contributed by atoms with Gasteiger partial charge in [0.15, 0.2) is 6.29 Å². The Labute approximate surface area is 68.3 Å². The fourth-order valence-electron chi connectivity index (χ4n) is 1.21. The van der Waals surface area contributed by atoms with E-state index in [0.717, 1.165) is 32.8 Å². The van der Waals surface area contributed by atoms with Crippen LogP contribution in [0.4, 0.5) is 0 Å². The van der Waals surface area contributed by atoms with Gasteiger partial charge in [-0.1, -0.05) is 13.8 Å². The summed E-state index contributed by atoms with van der Waals surface area (Å²) < 4.78 is 10.6.